The molecule has 0 rings (SSSR count). The van der Waals surface area contributed by atoms with Crippen LogP contribution in [0.2, 0.25) is 0 Å². The molecule has 0 radical (unpaired) electrons. The topological polar surface area (TPSA) is 88.0 Å². The number of carboxylic acid groups (broad SMARTS) is 1. The molecule has 0 aliphatic carbocycles. The molecule has 15 heavy (non-hydrogen) atoms. The molecular weight excluding hydrogens is 216 g/mol. The van der Waals surface area contributed by atoms with Crippen LogP contribution in [0.5, 0.6) is 0 Å². The summed E-state index contributed by atoms with van der Waals surface area (Å²) >= 11 is 1.48. The molecule has 0 saturated carbocycles. The van der Waals surface area contributed by atoms with Gasteiger partial charge in [0.05, 0.1) is 26.7 Å². The van der Waals surface area contributed by atoms with Gasteiger partial charge in [-0.05, 0) is 6.26 Å². The number of hydrogen-bond donors (Lipinski definition) is 4. The van der Waals surface area contributed by atoms with E-state index in [9.17, 15) is 4.79 Å². The average molecular weight is 238 g/mol. The van der Waals surface area contributed by atoms with Crippen molar-refractivity contribution in [3.05, 3.63) is 5.75 Å². The number of carboxylic acids is 1. The second kappa shape index (κ2) is 11.8. The van der Waals surface area contributed by atoms with Gasteiger partial charge >= 0.3 is 5.97 Å². The molecule has 0 amide bonds. The van der Waals surface area contributed by atoms with Crippen molar-refractivity contribution in [3.8, 4) is 0 Å². The van der Waals surface area contributed by atoms with Gasteiger partial charge in [-0.3, -0.25) is 10.5 Å². The highest BCUT2D eigenvalue weighted by Gasteiger charge is 2.04. The Kier molecular flexibility index (Phi) is 13.4. The van der Waals surface area contributed by atoms with Gasteiger partial charge in [-0.2, -0.15) is 0 Å². The lowest BCUT2D eigenvalue weighted by Crippen LogP contribution is -3.06. The van der Waals surface area contributed by atoms with Crippen molar-refractivity contribution in [2.24, 2.45) is 5.73 Å². The van der Waals surface area contributed by atoms with Crippen LogP contribution in [0.25, 0.3) is 0 Å². The number of thioether (sulfide) groups is 1. The van der Waals surface area contributed by atoms with E-state index < -0.39 is 12.0 Å². The third-order valence-corrected chi connectivity index (χ3v) is 1.97. The van der Waals surface area contributed by atoms with E-state index in [1.807, 2.05) is 20.4 Å². The van der Waals surface area contributed by atoms with Crippen molar-refractivity contribution in [2.45, 2.75) is 12.5 Å². The van der Waals surface area contributed by atoms with E-state index in [0.717, 1.165) is 6.54 Å². The van der Waals surface area contributed by atoms with Gasteiger partial charge in [0.15, 0.2) is 0 Å². The predicted molar refractivity (Wildman–Crippen MR) is 62.8 cm³/mol. The standard InChI is InChI=1S/C5H10NO2S.C4H11NO/c1-9-3-2-4(6)5(7)8;1-5(2)3-4-6/h3-4H,2,6H2,1H3,(H,7,8);6H,3-4H2,1-2H3/q-1;/p+1. The number of rotatable bonds is 6. The van der Waals surface area contributed by atoms with Crippen LogP contribution < -0.4 is 10.6 Å². The number of hydrogen-bond acceptors (Lipinski definition) is 4. The summed E-state index contributed by atoms with van der Waals surface area (Å²) in [6.07, 6.45) is 2.30. The van der Waals surface area contributed by atoms with E-state index >= 15 is 0 Å². The monoisotopic (exact) mass is 238 g/mol. The maximum atomic E-state index is 10.1. The molecule has 5 N–H and O–H groups in total. The van der Waals surface area contributed by atoms with E-state index in [1.165, 1.54) is 16.7 Å². The van der Waals surface area contributed by atoms with E-state index in [0.29, 0.717) is 13.0 Å². The molecule has 0 spiro atoms. The molecule has 0 aliphatic rings. The Balaban J connectivity index is 0. The summed E-state index contributed by atoms with van der Waals surface area (Å²) in [5.74, 6) is 0.832. The minimum Gasteiger partial charge on any atom is -0.480 e. The second-order valence-corrected chi connectivity index (χ2v) is 4.07. The van der Waals surface area contributed by atoms with Gasteiger partial charge in [-0.15, -0.1) is 6.42 Å². The minimum atomic E-state index is -0.944. The quantitative estimate of drug-likeness (QED) is 0.420. The fraction of sp³-hybridized carbons (Fsp3) is 0.778. The average Bonchev–Trinajstić information content (AvgIpc) is 2.14. The summed E-state index contributed by atoms with van der Waals surface area (Å²) in [6, 6.07) is -0.738. The van der Waals surface area contributed by atoms with Crippen LogP contribution in [0.3, 0.4) is 0 Å². The molecule has 0 aromatic carbocycles. The van der Waals surface area contributed by atoms with Crippen molar-refractivity contribution in [2.75, 3.05) is 33.5 Å². The number of likely N-dealkylation sites (N-methyl/N-ethyl adjacent to an activating group) is 1. The van der Waals surface area contributed by atoms with E-state index in [1.54, 1.807) is 5.75 Å². The van der Waals surface area contributed by atoms with Gasteiger partial charge in [0.2, 0.25) is 0 Å². The highest BCUT2D eigenvalue weighted by molar-refractivity contribution is 8.00. The Morgan fingerprint density at radius 3 is 2.33 bits per heavy atom. The van der Waals surface area contributed by atoms with Crippen molar-refractivity contribution in [3.63, 3.8) is 0 Å². The zero-order chi connectivity index (χ0) is 12.3. The maximum Gasteiger partial charge on any atom is 0.317 e. The van der Waals surface area contributed by atoms with Crippen LogP contribution in [-0.4, -0.2) is 55.7 Å². The van der Waals surface area contributed by atoms with Gasteiger partial charge in [0, 0.05) is 0 Å². The largest absolute Gasteiger partial charge is 0.480 e. The molecule has 0 aromatic heterocycles. The number of aliphatic hydroxyl groups excluding tert-OH is 1. The first-order valence-electron chi connectivity index (χ1n) is 4.68. The Morgan fingerprint density at radius 2 is 2.13 bits per heavy atom. The van der Waals surface area contributed by atoms with Crippen LogP contribution in [0.4, 0.5) is 0 Å². The van der Waals surface area contributed by atoms with Crippen molar-refractivity contribution in [1.82, 2.24) is 0 Å². The molecule has 92 valence electrons. The first kappa shape index (κ1) is 17.1. The van der Waals surface area contributed by atoms with Crippen LogP contribution >= 0.6 is 11.8 Å². The second-order valence-electron chi connectivity index (χ2n) is 3.26. The molecular formula is C9H22N2O3S. The normalized spacial score (nSPS) is 11.9. The number of aliphatic carboxylic acids is 1. The Labute approximate surface area is 95.6 Å². The van der Waals surface area contributed by atoms with Crippen LogP contribution in [-0.2, 0) is 4.79 Å². The van der Waals surface area contributed by atoms with Crippen LogP contribution in [0, 0.1) is 5.75 Å². The third kappa shape index (κ3) is 16.4. The lowest BCUT2D eigenvalue weighted by Gasteiger charge is -2.11. The first-order chi connectivity index (χ1) is 6.95. The van der Waals surface area contributed by atoms with E-state index in [-0.39, 0.29) is 0 Å². The van der Waals surface area contributed by atoms with Crippen molar-refractivity contribution < 1.29 is 19.9 Å². The highest BCUT2D eigenvalue weighted by Crippen LogP contribution is 2.04. The Hall–Kier alpha value is -0.300. The number of quaternary nitrogens is 1. The van der Waals surface area contributed by atoms with Gasteiger partial charge < -0.3 is 32.6 Å². The van der Waals surface area contributed by atoms with Gasteiger partial charge in [0.1, 0.15) is 6.54 Å². The van der Waals surface area contributed by atoms with E-state index in [4.69, 9.17) is 15.9 Å². The van der Waals surface area contributed by atoms with E-state index in [2.05, 4.69) is 0 Å². The number of aliphatic hydroxyl groups is 1. The lowest BCUT2D eigenvalue weighted by molar-refractivity contribution is -0.858. The smallest absolute Gasteiger partial charge is 0.317 e. The number of nitrogens with one attached hydrogen (secondary N) is 1. The number of carbonyl (C=O) groups is 1. The van der Waals surface area contributed by atoms with Crippen molar-refractivity contribution in [1.29, 1.82) is 0 Å². The molecule has 5 nitrogen and oxygen atoms in total. The Bertz CT molecular complexity index is 156. The summed E-state index contributed by atoms with van der Waals surface area (Å²) in [5.41, 5.74) is 5.16. The Morgan fingerprint density at radius 1 is 1.60 bits per heavy atom. The zero-order valence-corrected chi connectivity index (χ0v) is 10.4. The van der Waals surface area contributed by atoms with Gasteiger partial charge in [-0.1, -0.05) is 0 Å². The molecule has 0 fully saturated rings. The molecule has 1 atom stereocenters. The fourth-order valence-electron chi connectivity index (χ4n) is 0.524. The first-order valence-corrected chi connectivity index (χ1v) is 5.97. The number of nitrogens with two attached hydrogens (primary N) is 1. The summed E-state index contributed by atoms with van der Waals surface area (Å²) in [6.45, 7) is 1.14. The molecule has 1 unspecified atom stereocenters. The summed E-state index contributed by atoms with van der Waals surface area (Å²) in [5, 5.41) is 16.5. The molecule has 6 heteroatoms. The molecule has 0 saturated heterocycles. The summed E-state index contributed by atoms with van der Waals surface area (Å²) in [7, 11) is 4.02. The van der Waals surface area contributed by atoms with Crippen LogP contribution in [0.15, 0.2) is 0 Å². The zero-order valence-electron chi connectivity index (χ0n) is 9.56. The van der Waals surface area contributed by atoms with Crippen molar-refractivity contribution >= 4 is 17.7 Å². The molecule has 0 heterocycles. The molecule has 0 aromatic rings. The SMILES string of the molecule is CS[CH-]CC(N)C(=O)O.C[NH+](C)CCO. The van der Waals surface area contributed by atoms with Gasteiger partial charge in [0.25, 0.3) is 0 Å². The summed E-state index contributed by atoms with van der Waals surface area (Å²) < 4.78 is 0. The van der Waals surface area contributed by atoms with Gasteiger partial charge in [-0.25, -0.2) is 0 Å². The lowest BCUT2D eigenvalue weighted by atomic mass is 10.2. The third-order valence-electron chi connectivity index (χ3n) is 1.45. The minimum absolute atomic E-state index is 0.294. The highest BCUT2D eigenvalue weighted by atomic mass is 32.2. The fourth-order valence-corrected chi connectivity index (χ4v) is 0.924. The predicted octanol–water partition coefficient (Wildman–Crippen LogP) is -1.56. The summed E-state index contributed by atoms with van der Waals surface area (Å²) in [4.78, 5) is 11.3. The molecule has 0 aliphatic heterocycles. The van der Waals surface area contributed by atoms with Crippen LogP contribution in [0.1, 0.15) is 6.42 Å². The maximum absolute atomic E-state index is 10.1. The molecule has 0 bridgehead atoms.